The van der Waals surface area contributed by atoms with Crippen LogP contribution in [0.25, 0.3) is 0 Å². The molecule has 166 valence electrons. The van der Waals surface area contributed by atoms with Crippen LogP contribution in [0.15, 0.2) is 18.2 Å². The van der Waals surface area contributed by atoms with Crippen molar-refractivity contribution in [3.05, 3.63) is 34.9 Å². The maximum absolute atomic E-state index is 2.48. The predicted octanol–water partition coefficient (Wildman–Crippen LogP) is 9.61. The van der Waals surface area contributed by atoms with Gasteiger partial charge < -0.3 is 0 Å². The molecule has 1 aromatic carbocycles. The van der Waals surface area contributed by atoms with E-state index >= 15 is 0 Å². The Morgan fingerprint density at radius 3 is 1.90 bits per heavy atom. The Morgan fingerprint density at radius 1 is 0.655 bits per heavy atom. The number of unbranched alkanes of at least 4 members (excludes halogenated alkanes) is 8. The third-order valence-corrected chi connectivity index (χ3v) is 7.48. The molecule has 1 saturated carbocycles. The molecule has 0 heterocycles. The highest BCUT2D eigenvalue weighted by molar-refractivity contribution is 5.31. The topological polar surface area (TPSA) is 0 Å². The average Bonchev–Trinajstić information content (AvgIpc) is 2.74. The second kappa shape index (κ2) is 15.1. The Labute approximate surface area is 183 Å². The Kier molecular flexibility index (Phi) is 12.7. The number of benzene rings is 1. The molecular weight excluding hydrogens is 348 g/mol. The predicted molar refractivity (Wildman–Crippen MR) is 131 cm³/mol. The van der Waals surface area contributed by atoms with Gasteiger partial charge in [0.15, 0.2) is 0 Å². The van der Waals surface area contributed by atoms with Crippen LogP contribution in [0.2, 0.25) is 0 Å². The van der Waals surface area contributed by atoms with Gasteiger partial charge >= 0.3 is 0 Å². The third kappa shape index (κ3) is 10.2. The van der Waals surface area contributed by atoms with Gasteiger partial charge in [0.2, 0.25) is 0 Å². The molecule has 1 fully saturated rings. The highest BCUT2D eigenvalue weighted by atomic mass is 14.3. The minimum atomic E-state index is 0.991. The van der Waals surface area contributed by atoms with Gasteiger partial charge in [0.25, 0.3) is 0 Å². The first-order valence-electron chi connectivity index (χ1n) is 13.3. The van der Waals surface area contributed by atoms with Crippen LogP contribution in [0, 0.1) is 18.8 Å². The first kappa shape index (κ1) is 24.5. The SMILES string of the molecule is CCCCCCCCC[C@H]1CC[C@H](CCc2ccc(CCCCC)c(C)c2)CC1. The molecular formula is C29H50. The lowest BCUT2D eigenvalue weighted by Gasteiger charge is -2.28. The molecule has 0 amide bonds. The first-order valence-corrected chi connectivity index (χ1v) is 13.3. The molecule has 1 aliphatic rings. The minimum Gasteiger partial charge on any atom is -0.0654 e. The summed E-state index contributed by atoms with van der Waals surface area (Å²) in [5, 5.41) is 0. The average molecular weight is 399 g/mol. The molecule has 0 spiro atoms. The Morgan fingerprint density at radius 2 is 1.24 bits per heavy atom. The molecule has 0 bridgehead atoms. The molecule has 0 aromatic heterocycles. The van der Waals surface area contributed by atoms with E-state index in [2.05, 4.69) is 39.0 Å². The van der Waals surface area contributed by atoms with Crippen LogP contribution in [-0.4, -0.2) is 0 Å². The zero-order chi connectivity index (χ0) is 20.7. The van der Waals surface area contributed by atoms with Gasteiger partial charge in [0.1, 0.15) is 0 Å². The zero-order valence-corrected chi connectivity index (χ0v) is 20.1. The van der Waals surface area contributed by atoms with Gasteiger partial charge in [0, 0.05) is 0 Å². The standard InChI is InChI=1S/C29H50/c1-4-6-8-9-10-11-13-14-26-16-18-27(19-17-26)20-21-28-22-23-29(25(3)24-28)15-12-7-5-2/h22-24,26-27H,4-21H2,1-3H3/t26-,27-. The van der Waals surface area contributed by atoms with E-state index in [0.29, 0.717) is 0 Å². The fourth-order valence-corrected chi connectivity index (χ4v) is 5.33. The summed E-state index contributed by atoms with van der Waals surface area (Å²) in [5.74, 6) is 2.04. The van der Waals surface area contributed by atoms with Crippen LogP contribution in [-0.2, 0) is 12.8 Å². The second-order valence-electron chi connectivity index (χ2n) is 10.1. The van der Waals surface area contributed by atoms with E-state index in [1.54, 1.807) is 11.1 Å². The molecule has 1 aromatic rings. The van der Waals surface area contributed by atoms with Crippen LogP contribution in [0.5, 0.6) is 0 Å². The Hall–Kier alpha value is -0.780. The summed E-state index contributed by atoms with van der Waals surface area (Å²) in [5.41, 5.74) is 4.68. The van der Waals surface area contributed by atoms with E-state index in [-0.39, 0.29) is 0 Å². The van der Waals surface area contributed by atoms with Gasteiger partial charge in [-0.25, -0.2) is 0 Å². The van der Waals surface area contributed by atoms with E-state index < -0.39 is 0 Å². The van der Waals surface area contributed by atoms with Gasteiger partial charge in [-0.2, -0.15) is 0 Å². The molecule has 0 radical (unpaired) electrons. The van der Waals surface area contributed by atoms with E-state index in [0.717, 1.165) is 11.8 Å². The van der Waals surface area contributed by atoms with Gasteiger partial charge in [0.05, 0.1) is 0 Å². The van der Waals surface area contributed by atoms with E-state index in [1.165, 1.54) is 121 Å². The highest BCUT2D eigenvalue weighted by Gasteiger charge is 2.20. The van der Waals surface area contributed by atoms with Crippen molar-refractivity contribution in [2.45, 2.75) is 136 Å². The molecule has 29 heavy (non-hydrogen) atoms. The molecule has 0 unspecified atom stereocenters. The summed E-state index contributed by atoms with van der Waals surface area (Å²) in [4.78, 5) is 0. The van der Waals surface area contributed by atoms with Crippen molar-refractivity contribution in [3.63, 3.8) is 0 Å². The summed E-state index contributed by atoms with van der Waals surface area (Å²) >= 11 is 0. The maximum atomic E-state index is 2.48. The maximum Gasteiger partial charge on any atom is -0.0276 e. The lowest BCUT2D eigenvalue weighted by molar-refractivity contribution is 0.248. The molecule has 0 atom stereocenters. The molecule has 1 aliphatic carbocycles. The van der Waals surface area contributed by atoms with Gasteiger partial charge in [-0.15, -0.1) is 0 Å². The number of aryl methyl sites for hydroxylation is 3. The fourth-order valence-electron chi connectivity index (χ4n) is 5.33. The lowest BCUT2D eigenvalue weighted by Crippen LogP contribution is -2.15. The first-order chi connectivity index (χ1) is 14.2. The number of rotatable bonds is 15. The minimum absolute atomic E-state index is 0.991. The van der Waals surface area contributed by atoms with Crippen molar-refractivity contribution in [2.24, 2.45) is 11.8 Å². The van der Waals surface area contributed by atoms with E-state index in [4.69, 9.17) is 0 Å². The van der Waals surface area contributed by atoms with Crippen LogP contribution < -0.4 is 0 Å². The largest absolute Gasteiger partial charge is 0.0654 e. The van der Waals surface area contributed by atoms with Gasteiger partial charge in [-0.05, 0) is 61.1 Å². The van der Waals surface area contributed by atoms with Crippen molar-refractivity contribution in [1.29, 1.82) is 0 Å². The van der Waals surface area contributed by atoms with E-state index in [9.17, 15) is 0 Å². The van der Waals surface area contributed by atoms with E-state index in [1.807, 2.05) is 0 Å². The van der Waals surface area contributed by atoms with Crippen molar-refractivity contribution >= 4 is 0 Å². The lowest BCUT2D eigenvalue weighted by atomic mass is 9.77. The smallest absolute Gasteiger partial charge is 0.0276 e. The Balaban J connectivity index is 1.57. The van der Waals surface area contributed by atoms with Crippen LogP contribution in [0.4, 0.5) is 0 Å². The van der Waals surface area contributed by atoms with Crippen molar-refractivity contribution in [1.82, 2.24) is 0 Å². The van der Waals surface area contributed by atoms with Crippen LogP contribution in [0.1, 0.15) is 133 Å². The Bertz CT molecular complexity index is 521. The summed E-state index contributed by atoms with van der Waals surface area (Å²) < 4.78 is 0. The van der Waals surface area contributed by atoms with Crippen LogP contribution in [0.3, 0.4) is 0 Å². The van der Waals surface area contributed by atoms with Gasteiger partial charge in [-0.3, -0.25) is 0 Å². The zero-order valence-electron chi connectivity index (χ0n) is 20.1. The molecule has 0 heteroatoms. The number of hydrogen-bond donors (Lipinski definition) is 0. The third-order valence-electron chi connectivity index (χ3n) is 7.48. The van der Waals surface area contributed by atoms with Crippen molar-refractivity contribution in [2.75, 3.05) is 0 Å². The second-order valence-corrected chi connectivity index (χ2v) is 10.1. The molecule has 0 nitrogen and oxygen atoms in total. The van der Waals surface area contributed by atoms with Crippen molar-refractivity contribution in [3.8, 4) is 0 Å². The quantitative estimate of drug-likeness (QED) is 0.258. The number of hydrogen-bond acceptors (Lipinski definition) is 0. The molecule has 2 rings (SSSR count). The summed E-state index contributed by atoms with van der Waals surface area (Å²) in [6.07, 6.45) is 25.7. The normalized spacial score (nSPS) is 19.6. The van der Waals surface area contributed by atoms with Gasteiger partial charge in [-0.1, -0.05) is 122 Å². The van der Waals surface area contributed by atoms with Crippen molar-refractivity contribution < 1.29 is 0 Å². The summed E-state index contributed by atoms with van der Waals surface area (Å²) in [7, 11) is 0. The summed E-state index contributed by atoms with van der Waals surface area (Å²) in [6.45, 7) is 6.92. The fraction of sp³-hybridized carbons (Fsp3) is 0.793. The monoisotopic (exact) mass is 398 g/mol. The molecule has 0 N–H and O–H groups in total. The molecule has 0 aliphatic heterocycles. The van der Waals surface area contributed by atoms with Crippen LogP contribution >= 0.6 is 0 Å². The molecule has 0 saturated heterocycles. The summed E-state index contributed by atoms with van der Waals surface area (Å²) in [6, 6.07) is 7.31. The highest BCUT2D eigenvalue weighted by Crippen LogP contribution is 2.34.